The van der Waals surface area contributed by atoms with Crippen LogP contribution < -0.4 is 10.1 Å². The van der Waals surface area contributed by atoms with Gasteiger partial charge in [0.2, 0.25) is 5.91 Å². The molecule has 0 bridgehead atoms. The molecule has 4 unspecified atom stereocenters. The number of ether oxygens (including phenoxy) is 2. The standard InChI is InChI=1S/C36H46N2O8S/c1-2-23-9-12-26(47-17-5-8-33(42)38-20-30(40)34(43)35(44)31(41)21-39)18-24(23)22-45-36(14-15-36)29-19-37-16-13-27(29)28-6-3-4-7-32(28)46-25-10-11-25/h3-4,6-7,9,12-13,16,18-19,25,30-31,34-35,39-41,43-44H,2,5,8,10-11,14-15,17,20-22H2,1H3,(H,38,42). The van der Waals surface area contributed by atoms with Crippen LogP contribution in [0.15, 0.2) is 65.8 Å². The Bertz CT molecular complexity index is 1480. The number of hydrogen-bond donors (Lipinski definition) is 6. The molecule has 0 saturated heterocycles. The van der Waals surface area contributed by atoms with E-state index in [0.29, 0.717) is 24.9 Å². The number of aryl methyl sites for hydroxylation is 1. The van der Waals surface area contributed by atoms with Gasteiger partial charge in [0.15, 0.2) is 0 Å². The molecule has 2 aromatic carbocycles. The lowest BCUT2D eigenvalue weighted by molar-refractivity contribution is -0.126. The Morgan fingerprint density at radius 2 is 1.79 bits per heavy atom. The Morgan fingerprint density at radius 3 is 2.51 bits per heavy atom. The number of carbonyl (C=O) groups excluding carboxylic acids is 1. The molecule has 4 atom stereocenters. The minimum atomic E-state index is -1.73. The summed E-state index contributed by atoms with van der Waals surface area (Å²) in [6, 6.07) is 16.7. The molecule has 5 rings (SSSR count). The quantitative estimate of drug-likeness (QED) is 0.0826. The highest BCUT2D eigenvalue weighted by Gasteiger charge is 2.48. The largest absolute Gasteiger partial charge is 0.490 e. The van der Waals surface area contributed by atoms with Crippen molar-refractivity contribution in [3.8, 4) is 16.9 Å². The van der Waals surface area contributed by atoms with Crippen molar-refractivity contribution in [3.05, 3.63) is 77.6 Å². The normalized spacial score (nSPS) is 17.8. The Kier molecular flexibility index (Phi) is 12.3. The highest BCUT2D eigenvalue weighted by Crippen LogP contribution is 2.53. The van der Waals surface area contributed by atoms with Gasteiger partial charge in [-0.15, -0.1) is 11.8 Å². The number of para-hydroxylation sites is 1. The predicted molar refractivity (Wildman–Crippen MR) is 179 cm³/mol. The topological polar surface area (TPSA) is 162 Å². The van der Waals surface area contributed by atoms with Crippen molar-refractivity contribution in [2.24, 2.45) is 0 Å². The van der Waals surface area contributed by atoms with Gasteiger partial charge < -0.3 is 40.3 Å². The van der Waals surface area contributed by atoms with Gasteiger partial charge in [-0.05, 0) is 85.2 Å². The van der Waals surface area contributed by atoms with Crippen LogP contribution in [0.1, 0.15) is 62.1 Å². The summed E-state index contributed by atoms with van der Waals surface area (Å²) in [5, 5.41) is 50.5. The minimum Gasteiger partial charge on any atom is -0.490 e. The van der Waals surface area contributed by atoms with E-state index in [1.54, 1.807) is 11.8 Å². The van der Waals surface area contributed by atoms with Crippen molar-refractivity contribution in [1.29, 1.82) is 0 Å². The number of carbonyl (C=O) groups is 1. The number of amides is 1. The Balaban J connectivity index is 1.14. The molecule has 0 radical (unpaired) electrons. The van der Waals surface area contributed by atoms with Crippen molar-refractivity contribution in [2.75, 3.05) is 18.9 Å². The number of benzene rings is 2. The fraction of sp³-hybridized carbons (Fsp3) is 0.500. The maximum atomic E-state index is 12.3. The van der Waals surface area contributed by atoms with Gasteiger partial charge in [0, 0.05) is 41.4 Å². The zero-order valence-corrected chi connectivity index (χ0v) is 27.6. The van der Waals surface area contributed by atoms with E-state index in [2.05, 4.69) is 47.6 Å². The SMILES string of the molecule is CCc1ccc(SCCCC(=O)NCC(O)C(O)C(O)C(O)CO)cc1COC1(c2cnccc2-c2ccccc2OC2CC2)CC1. The monoisotopic (exact) mass is 666 g/mol. The van der Waals surface area contributed by atoms with Crippen LogP contribution in [0, 0.1) is 0 Å². The lowest BCUT2D eigenvalue weighted by Gasteiger charge is -2.25. The molecule has 2 aliphatic carbocycles. The lowest BCUT2D eigenvalue weighted by Crippen LogP contribution is -2.49. The van der Waals surface area contributed by atoms with E-state index in [1.165, 1.54) is 5.56 Å². The summed E-state index contributed by atoms with van der Waals surface area (Å²) in [5.74, 6) is 1.31. The third-order valence-corrected chi connectivity index (χ3v) is 9.80. The first kappa shape index (κ1) is 35.3. The Hall–Kier alpha value is -3.03. The number of pyridine rings is 1. The average molecular weight is 667 g/mol. The first-order chi connectivity index (χ1) is 22.7. The predicted octanol–water partition coefficient (Wildman–Crippen LogP) is 3.48. The van der Waals surface area contributed by atoms with Crippen LogP contribution in [0.3, 0.4) is 0 Å². The van der Waals surface area contributed by atoms with Gasteiger partial charge in [-0.25, -0.2) is 0 Å². The molecule has 0 aliphatic heterocycles. The molecule has 0 spiro atoms. The second-order valence-corrected chi connectivity index (χ2v) is 13.5. The van der Waals surface area contributed by atoms with Crippen molar-refractivity contribution < 1.29 is 39.8 Å². The molecule has 3 aromatic rings. The van der Waals surface area contributed by atoms with Crippen LogP contribution in [0.5, 0.6) is 5.75 Å². The van der Waals surface area contributed by atoms with E-state index in [0.717, 1.165) is 65.0 Å². The van der Waals surface area contributed by atoms with E-state index in [4.69, 9.17) is 14.6 Å². The molecule has 1 heterocycles. The van der Waals surface area contributed by atoms with E-state index < -0.39 is 36.6 Å². The molecule has 1 aromatic heterocycles. The summed E-state index contributed by atoms with van der Waals surface area (Å²) >= 11 is 1.66. The van der Waals surface area contributed by atoms with Crippen LogP contribution in [0.4, 0.5) is 0 Å². The molecule has 10 nitrogen and oxygen atoms in total. The van der Waals surface area contributed by atoms with Crippen LogP contribution in [-0.2, 0) is 28.2 Å². The van der Waals surface area contributed by atoms with Crippen LogP contribution in [0.25, 0.3) is 11.1 Å². The molecule has 2 fully saturated rings. The molecule has 6 N–H and O–H groups in total. The van der Waals surface area contributed by atoms with Gasteiger partial charge >= 0.3 is 0 Å². The fourth-order valence-electron chi connectivity index (χ4n) is 5.56. The number of aliphatic hydroxyl groups excluding tert-OH is 5. The van der Waals surface area contributed by atoms with Gasteiger partial charge in [0.05, 0.1) is 31.0 Å². The maximum absolute atomic E-state index is 12.3. The maximum Gasteiger partial charge on any atom is 0.220 e. The third-order valence-electron chi connectivity index (χ3n) is 8.72. The molecular formula is C36H46N2O8S. The molecule has 2 saturated carbocycles. The van der Waals surface area contributed by atoms with Gasteiger partial charge in [-0.2, -0.15) is 0 Å². The highest BCUT2D eigenvalue weighted by atomic mass is 32.2. The number of nitrogens with one attached hydrogen (secondary N) is 1. The van der Waals surface area contributed by atoms with Crippen molar-refractivity contribution in [2.45, 2.75) is 99.5 Å². The zero-order valence-electron chi connectivity index (χ0n) is 26.8. The number of aromatic nitrogens is 1. The first-order valence-corrected chi connectivity index (χ1v) is 17.4. The van der Waals surface area contributed by atoms with E-state index >= 15 is 0 Å². The third kappa shape index (κ3) is 9.32. The zero-order chi connectivity index (χ0) is 33.4. The number of aliphatic hydroxyl groups is 5. The summed E-state index contributed by atoms with van der Waals surface area (Å²) in [6.45, 7) is 1.57. The van der Waals surface area contributed by atoms with E-state index in [9.17, 15) is 25.2 Å². The van der Waals surface area contributed by atoms with Gasteiger partial charge in [0.25, 0.3) is 0 Å². The highest BCUT2D eigenvalue weighted by molar-refractivity contribution is 7.99. The van der Waals surface area contributed by atoms with Gasteiger partial charge in [-0.1, -0.05) is 31.2 Å². The molecule has 2 aliphatic rings. The Labute approximate surface area is 280 Å². The number of rotatable bonds is 19. The molecular weight excluding hydrogens is 620 g/mol. The van der Waals surface area contributed by atoms with E-state index in [-0.39, 0.29) is 18.9 Å². The van der Waals surface area contributed by atoms with Crippen molar-refractivity contribution in [1.82, 2.24) is 10.3 Å². The first-order valence-electron chi connectivity index (χ1n) is 16.4. The van der Waals surface area contributed by atoms with Crippen LogP contribution in [0.2, 0.25) is 0 Å². The van der Waals surface area contributed by atoms with Crippen molar-refractivity contribution >= 4 is 17.7 Å². The average Bonchev–Trinajstić information content (AvgIpc) is 4.05. The molecule has 1 amide bonds. The number of nitrogens with zero attached hydrogens (tertiary/aromatic N) is 1. The van der Waals surface area contributed by atoms with E-state index in [1.807, 2.05) is 30.6 Å². The molecule has 11 heteroatoms. The molecule has 47 heavy (non-hydrogen) atoms. The summed E-state index contributed by atoms with van der Waals surface area (Å²) in [7, 11) is 0. The smallest absolute Gasteiger partial charge is 0.220 e. The van der Waals surface area contributed by atoms with Crippen LogP contribution >= 0.6 is 11.8 Å². The summed E-state index contributed by atoms with van der Waals surface area (Å²) in [6.07, 6.45) is 3.32. The van der Waals surface area contributed by atoms with Gasteiger partial charge in [0.1, 0.15) is 24.1 Å². The minimum absolute atomic E-state index is 0.228. The summed E-state index contributed by atoms with van der Waals surface area (Å²) in [5.41, 5.74) is 5.25. The Morgan fingerprint density at radius 1 is 1.02 bits per heavy atom. The fourth-order valence-corrected chi connectivity index (χ4v) is 6.47. The second-order valence-electron chi connectivity index (χ2n) is 12.4. The number of hydrogen-bond acceptors (Lipinski definition) is 10. The van der Waals surface area contributed by atoms with Gasteiger partial charge in [-0.3, -0.25) is 9.78 Å². The number of thioether (sulfide) groups is 1. The molecule has 254 valence electrons. The van der Waals surface area contributed by atoms with Crippen molar-refractivity contribution in [3.63, 3.8) is 0 Å². The summed E-state index contributed by atoms with van der Waals surface area (Å²) < 4.78 is 13.0. The van der Waals surface area contributed by atoms with Crippen LogP contribution in [-0.4, -0.2) is 85.8 Å². The lowest BCUT2D eigenvalue weighted by atomic mass is 9.96. The summed E-state index contributed by atoms with van der Waals surface area (Å²) in [4.78, 5) is 17.8. The second kappa shape index (κ2) is 16.4.